The summed E-state index contributed by atoms with van der Waals surface area (Å²) in [5.41, 5.74) is 4.29. The van der Waals surface area contributed by atoms with Gasteiger partial charge in [-0.15, -0.1) is 0 Å². The summed E-state index contributed by atoms with van der Waals surface area (Å²) in [6.07, 6.45) is 6.95. The Bertz CT molecular complexity index is 1100. The first kappa shape index (κ1) is 18.8. The predicted octanol–water partition coefficient (Wildman–Crippen LogP) is 4.83. The Balaban J connectivity index is 1.33. The second-order valence-corrected chi connectivity index (χ2v) is 9.07. The van der Waals surface area contributed by atoms with Gasteiger partial charge in [-0.1, -0.05) is 22.9 Å². The van der Waals surface area contributed by atoms with E-state index in [1.165, 1.54) is 40.4 Å². The number of aryl methyl sites for hydroxylation is 1. The smallest absolute Gasteiger partial charge is 0.231 e. The first-order valence-corrected chi connectivity index (χ1v) is 11.1. The van der Waals surface area contributed by atoms with Gasteiger partial charge in [0.15, 0.2) is 5.13 Å². The Morgan fingerprint density at radius 2 is 2.21 bits per heavy atom. The van der Waals surface area contributed by atoms with Gasteiger partial charge in [0.1, 0.15) is 11.3 Å². The molecule has 2 aliphatic rings. The lowest BCUT2D eigenvalue weighted by atomic mass is 9.96. The zero-order chi connectivity index (χ0) is 20.0. The molecule has 1 saturated heterocycles. The number of carbonyl (C=O) groups is 1. The maximum Gasteiger partial charge on any atom is 0.231 e. The third-order valence-corrected chi connectivity index (χ3v) is 6.94. The molecule has 8 heteroatoms. The number of nitrogens with one attached hydrogen (secondary N) is 1. The number of hydrogen-bond acceptors (Lipinski definition) is 5. The highest BCUT2D eigenvalue weighted by molar-refractivity contribution is 7.22. The number of carbonyl (C=O) groups excluding carboxylic acids is 1. The van der Waals surface area contributed by atoms with Crippen LogP contribution >= 0.6 is 22.9 Å². The Kier molecular flexibility index (Phi) is 4.87. The van der Waals surface area contributed by atoms with E-state index in [-0.39, 0.29) is 16.8 Å². The van der Waals surface area contributed by atoms with Crippen molar-refractivity contribution in [1.29, 1.82) is 0 Å². The molecule has 3 heterocycles. The lowest BCUT2D eigenvalue weighted by Gasteiger charge is -2.34. The Morgan fingerprint density at radius 1 is 1.31 bits per heavy atom. The lowest BCUT2D eigenvalue weighted by Crippen LogP contribution is -2.41. The molecule has 1 amide bonds. The minimum Gasteiger partial charge on any atom is -0.370 e. The van der Waals surface area contributed by atoms with Crippen molar-refractivity contribution >= 4 is 49.9 Å². The fraction of sp³-hybridized carbons (Fsp3) is 0.381. The summed E-state index contributed by atoms with van der Waals surface area (Å²) in [6.45, 7) is 1.64. The van der Waals surface area contributed by atoms with Crippen LogP contribution in [0.3, 0.4) is 0 Å². The van der Waals surface area contributed by atoms with Crippen molar-refractivity contribution in [1.82, 2.24) is 9.97 Å². The van der Waals surface area contributed by atoms with Crippen LogP contribution in [-0.4, -0.2) is 29.0 Å². The molecule has 5 rings (SSSR count). The number of nitrogens with zero attached hydrogens (tertiary/aromatic N) is 3. The number of anilines is 2. The molecule has 1 aliphatic heterocycles. The van der Waals surface area contributed by atoms with Gasteiger partial charge in [0.05, 0.1) is 15.6 Å². The molecule has 5 nitrogen and oxygen atoms in total. The average Bonchev–Trinajstić information content (AvgIpc) is 3.34. The largest absolute Gasteiger partial charge is 0.370 e. The summed E-state index contributed by atoms with van der Waals surface area (Å²) >= 11 is 7.32. The number of pyridine rings is 1. The van der Waals surface area contributed by atoms with Gasteiger partial charge in [-0.25, -0.2) is 9.37 Å². The molecule has 1 fully saturated rings. The van der Waals surface area contributed by atoms with E-state index in [1.807, 2.05) is 6.20 Å². The van der Waals surface area contributed by atoms with Gasteiger partial charge < -0.3 is 10.2 Å². The number of piperidine rings is 1. The van der Waals surface area contributed by atoms with E-state index in [2.05, 4.69) is 26.3 Å². The SMILES string of the molecule is O=C(Nc1nc2c(Cl)cc(F)cc2s1)C1CCCN(c2ccnc3c2CCC3)C1. The fourth-order valence-electron chi connectivity index (χ4n) is 4.37. The molecule has 0 saturated carbocycles. The van der Waals surface area contributed by atoms with E-state index in [1.54, 1.807) is 0 Å². The van der Waals surface area contributed by atoms with E-state index >= 15 is 0 Å². The summed E-state index contributed by atoms with van der Waals surface area (Å²) < 4.78 is 14.2. The van der Waals surface area contributed by atoms with Crippen molar-refractivity contribution in [2.45, 2.75) is 32.1 Å². The van der Waals surface area contributed by atoms with Gasteiger partial charge >= 0.3 is 0 Å². The molecule has 2 aromatic heterocycles. The highest BCUT2D eigenvalue weighted by Gasteiger charge is 2.29. The van der Waals surface area contributed by atoms with Crippen LogP contribution in [0.5, 0.6) is 0 Å². The summed E-state index contributed by atoms with van der Waals surface area (Å²) in [5, 5.41) is 3.63. The molecule has 1 atom stereocenters. The standard InChI is InChI=1S/C21H20ClFN4OS/c22-15-9-13(23)10-18-19(15)25-21(29-18)26-20(28)12-3-2-8-27(11-12)17-6-7-24-16-5-1-4-14(16)17/h6-7,9-10,12H,1-5,8,11H2,(H,25,26,28). The second-order valence-electron chi connectivity index (χ2n) is 7.64. The van der Waals surface area contributed by atoms with E-state index in [0.717, 1.165) is 38.6 Å². The topological polar surface area (TPSA) is 58.1 Å². The Hall–Kier alpha value is -2.25. The molecule has 0 radical (unpaired) electrons. The summed E-state index contributed by atoms with van der Waals surface area (Å²) in [7, 11) is 0. The van der Waals surface area contributed by atoms with Crippen molar-refractivity contribution < 1.29 is 9.18 Å². The van der Waals surface area contributed by atoms with Gasteiger partial charge in [0.25, 0.3) is 0 Å². The summed E-state index contributed by atoms with van der Waals surface area (Å²) in [5.74, 6) is -0.568. The molecule has 1 unspecified atom stereocenters. The van der Waals surface area contributed by atoms with Crippen molar-refractivity contribution in [3.8, 4) is 0 Å². The lowest BCUT2D eigenvalue weighted by molar-refractivity contribution is -0.120. The molecule has 29 heavy (non-hydrogen) atoms. The number of halogens is 2. The number of aromatic nitrogens is 2. The first-order valence-electron chi connectivity index (χ1n) is 9.86. The van der Waals surface area contributed by atoms with Crippen molar-refractivity contribution in [3.63, 3.8) is 0 Å². The van der Waals surface area contributed by atoms with E-state index in [4.69, 9.17) is 11.6 Å². The Morgan fingerprint density at radius 3 is 3.10 bits per heavy atom. The van der Waals surface area contributed by atoms with Gasteiger partial charge in [0.2, 0.25) is 5.91 Å². The van der Waals surface area contributed by atoms with Crippen LogP contribution < -0.4 is 10.2 Å². The maximum absolute atomic E-state index is 13.6. The molecule has 1 N–H and O–H groups in total. The third kappa shape index (κ3) is 3.57. The van der Waals surface area contributed by atoms with Gasteiger partial charge in [-0.05, 0) is 55.9 Å². The highest BCUT2D eigenvalue weighted by Crippen LogP contribution is 2.34. The minimum atomic E-state index is -0.406. The van der Waals surface area contributed by atoms with Gasteiger partial charge in [-0.3, -0.25) is 9.78 Å². The quantitative estimate of drug-likeness (QED) is 0.646. The second kappa shape index (κ2) is 7.54. The van der Waals surface area contributed by atoms with E-state index in [0.29, 0.717) is 21.9 Å². The maximum atomic E-state index is 13.6. The minimum absolute atomic E-state index is 0.0453. The van der Waals surface area contributed by atoms with Crippen LogP contribution in [-0.2, 0) is 17.6 Å². The zero-order valence-electron chi connectivity index (χ0n) is 15.8. The Labute approximate surface area is 176 Å². The normalized spacial score (nSPS) is 18.8. The number of rotatable bonds is 3. The van der Waals surface area contributed by atoms with Crippen LogP contribution in [0, 0.1) is 11.7 Å². The van der Waals surface area contributed by atoms with Crippen LogP contribution in [0.15, 0.2) is 24.4 Å². The predicted molar refractivity (Wildman–Crippen MR) is 114 cm³/mol. The van der Waals surface area contributed by atoms with Gasteiger partial charge in [-0.2, -0.15) is 0 Å². The molecule has 1 aromatic carbocycles. The van der Waals surface area contributed by atoms with Gasteiger partial charge in [0, 0.05) is 30.7 Å². The summed E-state index contributed by atoms with van der Waals surface area (Å²) in [4.78, 5) is 24.1. The van der Waals surface area contributed by atoms with Crippen molar-refractivity contribution in [2.75, 3.05) is 23.3 Å². The first-order chi connectivity index (χ1) is 14.1. The van der Waals surface area contributed by atoms with E-state index < -0.39 is 5.82 Å². The fourth-order valence-corrected chi connectivity index (χ4v) is 5.59. The summed E-state index contributed by atoms with van der Waals surface area (Å²) in [6, 6.07) is 4.71. The van der Waals surface area contributed by atoms with E-state index in [9.17, 15) is 9.18 Å². The highest BCUT2D eigenvalue weighted by atomic mass is 35.5. The molecular weight excluding hydrogens is 411 g/mol. The molecular formula is C21H20ClFN4OS. The van der Waals surface area contributed by atoms with Crippen LogP contribution in [0.4, 0.5) is 15.2 Å². The van der Waals surface area contributed by atoms with Crippen LogP contribution in [0.1, 0.15) is 30.5 Å². The number of thiazole rings is 1. The van der Waals surface area contributed by atoms with Crippen LogP contribution in [0.2, 0.25) is 5.02 Å². The molecule has 150 valence electrons. The third-order valence-electron chi connectivity index (χ3n) is 5.74. The molecule has 3 aromatic rings. The zero-order valence-corrected chi connectivity index (χ0v) is 17.3. The number of fused-ring (bicyclic) bond motifs is 2. The molecule has 0 bridgehead atoms. The average molecular weight is 431 g/mol. The molecule has 0 spiro atoms. The number of benzene rings is 1. The molecule has 1 aliphatic carbocycles. The van der Waals surface area contributed by atoms with Crippen molar-refractivity contribution in [3.05, 3.63) is 46.5 Å². The van der Waals surface area contributed by atoms with Crippen molar-refractivity contribution in [2.24, 2.45) is 5.92 Å². The van der Waals surface area contributed by atoms with Crippen LogP contribution in [0.25, 0.3) is 10.2 Å². The monoisotopic (exact) mass is 430 g/mol. The number of hydrogen-bond donors (Lipinski definition) is 1. The number of amides is 1.